The highest BCUT2D eigenvalue weighted by atomic mass is 79.9. The zero-order chi connectivity index (χ0) is 16.1. The van der Waals surface area contributed by atoms with E-state index >= 15 is 0 Å². The van der Waals surface area contributed by atoms with Gasteiger partial charge in [0.25, 0.3) is 0 Å². The molecule has 22 heavy (non-hydrogen) atoms. The Balaban J connectivity index is 1.99. The van der Waals surface area contributed by atoms with Crippen LogP contribution in [0.2, 0.25) is 0 Å². The van der Waals surface area contributed by atoms with E-state index in [2.05, 4.69) is 31.9 Å². The molecule has 0 radical (unpaired) electrons. The first-order valence-corrected chi connectivity index (χ1v) is 9.67. The van der Waals surface area contributed by atoms with Crippen LogP contribution in [0.1, 0.15) is 13.8 Å². The molecule has 0 bridgehead atoms. The highest BCUT2D eigenvalue weighted by molar-refractivity contribution is 9.10. The van der Waals surface area contributed by atoms with E-state index in [4.69, 9.17) is 0 Å². The summed E-state index contributed by atoms with van der Waals surface area (Å²) in [5.74, 6) is 0. The minimum atomic E-state index is -3.20. The molecule has 1 aliphatic rings. The zero-order valence-electron chi connectivity index (χ0n) is 12.8. The molecule has 120 valence electrons. The number of hydrogen-bond acceptors (Lipinski definition) is 4. The van der Waals surface area contributed by atoms with Crippen molar-refractivity contribution in [3.05, 3.63) is 29.3 Å². The van der Waals surface area contributed by atoms with Crippen molar-refractivity contribution in [2.75, 3.05) is 30.8 Å². The van der Waals surface area contributed by atoms with Gasteiger partial charge in [-0.2, -0.15) is 4.31 Å². The average molecular weight is 387 g/mol. The van der Waals surface area contributed by atoms with Gasteiger partial charge in [-0.1, -0.05) is 0 Å². The molecule has 0 amide bonds. The summed E-state index contributed by atoms with van der Waals surface area (Å²) in [6.45, 7) is 5.71. The molecule has 1 aliphatic heterocycles. The number of fused-ring (bicyclic) bond motifs is 1. The first-order chi connectivity index (χ1) is 10.2. The third-order valence-corrected chi connectivity index (χ3v) is 5.94. The Morgan fingerprint density at radius 2 is 2.05 bits per heavy atom. The number of sulfonamides is 1. The standard InChI is InChI=1S/C14H19BrN4O2S/c1-14(2)9-17(4-5-19(14)22(3,20)21)12-6-11(15)8-18-10-16-7-13(12)18/h6-8,10H,4-5,9H2,1-3H3. The van der Waals surface area contributed by atoms with Crippen LogP contribution in [0.4, 0.5) is 5.69 Å². The molecule has 0 unspecified atom stereocenters. The van der Waals surface area contributed by atoms with Gasteiger partial charge < -0.3 is 9.30 Å². The van der Waals surface area contributed by atoms with Crippen LogP contribution in [-0.2, 0) is 10.0 Å². The van der Waals surface area contributed by atoms with Crippen molar-refractivity contribution in [1.82, 2.24) is 13.7 Å². The van der Waals surface area contributed by atoms with Crippen LogP contribution in [0.5, 0.6) is 0 Å². The number of nitrogens with zero attached hydrogens (tertiary/aromatic N) is 4. The van der Waals surface area contributed by atoms with Crippen LogP contribution in [0.25, 0.3) is 5.52 Å². The van der Waals surface area contributed by atoms with Crippen LogP contribution < -0.4 is 4.90 Å². The molecular weight excluding hydrogens is 368 g/mol. The van der Waals surface area contributed by atoms with Gasteiger partial charge in [-0.3, -0.25) is 0 Å². The van der Waals surface area contributed by atoms with E-state index in [1.807, 2.05) is 30.6 Å². The maximum absolute atomic E-state index is 12.0. The van der Waals surface area contributed by atoms with E-state index in [0.717, 1.165) is 15.7 Å². The first-order valence-electron chi connectivity index (χ1n) is 7.02. The van der Waals surface area contributed by atoms with Gasteiger partial charge in [0.15, 0.2) is 0 Å². The molecule has 1 saturated heterocycles. The van der Waals surface area contributed by atoms with Crippen LogP contribution in [0, 0.1) is 0 Å². The predicted molar refractivity (Wildman–Crippen MR) is 90.7 cm³/mol. The SMILES string of the molecule is CC1(C)CN(c2cc(Br)cn3cncc23)CCN1S(C)(=O)=O. The summed E-state index contributed by atoms with van der Waals surface area (Å²) >= 11 is 3.53. The molecular formula is C14H19BrN4O2S. The Labute approximate surface area is 138 Å². The van der Waals surface area contributed by atoms with Crippen LogP contribution in [0.3, 0.4) is 0 Å². The van der Waals surface area contributed by atoms with E-state index in [9.17, 15) is 8.42 Å². The first kappa shape index (κ1) is 15.8. The molecule has 8 heteroatoms. The topological polar surface area (TPSA) is 57.9 Å². The lowest BCUT2D eigenvalue weighted by atomic mass is 10.0. The van der Waals surface area contributed by atoms with Gasteiger partial charge in [-0.05, 0) is 35.8 Å². The maximum atomic E-state index is 12.0. The largest absolute Gasteiger partial charge is 0.367 e. The van der Waals surface area contributed by atoms with Crippen molar-refractivity contribution in [3.63, 3.8) is 0 Å². The fourth-order valence-electron chi connectivity index (χ4n) is 3.19. The highest BCUT2D eigenvalue weighted by Gasteiger charge is 2.39. The summed E-state index contributed by atoms with van der Waals surface area (Å²) in [4.78, 5) is 6.42. The van der Waals surface area contributed by atoms with E-state index in [1.54, 1.807) is 10.6 Å². The second-order valence-electron chi connectivity index (χ2n) is 6.30. The summed E-state index contributed by atoms with van der Waals surface area (Å²) in [6, 6.07) is 2.06. The van der Waals surface area contributed by atoms with Crippen LogP contribution in [0.15, 0.2) is 29.3 Å². The molecule has 2 aromatic heterocycles. The Bertz CT molecular complexity index is 815. The summed E-state index contributed by atoms with van der Waals surface area (Å²) in [5, 5.41) is 0. The molecule has 0 N–H and O–H groups in total. The normalized spacial score (nSPS) is 19.7. The van der Waals surface area contributed by atoms with Crippen molar-refractivity contribution < 1.29 is 8.42 Å². The average Bonchev–Trinajstić information content (AvgIpc) is 2.82. The quantitative estimate of drug-likeness (QED) is 0.791. The van der Waals surface area contributed by atoms with E-state index < -0.39 is 15.6 Å². The molecule has 6 nitrogen and oxygen atoms in total. The molecule has 0 spiro atoms. The lowest BCUT2D eigenvalue weighted by Gasteiger charge is -2.46. The minimum Gasteiger partial charge on any atom is -0.367 e. The third kappa shape index (κ3) is 2.75. The van der Waals surface area contributed by atoms with Crippen molar-refractivity contribution in [2.45, 2.75) is 19.4 Å². The third-order valence-electron chi connectivity index (χ3n) is 4.03. The van der Waals surface area contributed by atoms with Crippen molar-refractivity contribution in [1.29, 1.82) is 0 Å². The minimum absolute atomic E-state index is 0.453. The van der Waals surface area contributed by atoms with Gasteiger partial charge in [0.2, 0.25) is 10.0 Å². The Morgan fingerprint density at radius 3 is 2.68 bits per heavy atom. The number of aromatic nitrogens is 2. The molecule has 1 fully saturated rings. The summed E-state index contributed by atoms with van der Waals surface area (Å²) in [6.07, 6.45) is 6.83. The van der Waals surface area contributed by atoms with Gasteiger partial charge in [-0.25, -0.2) is 13.4 Å². The number of rotatable bonds is 2. The van der Waals surface area contributed by atoms with Crippen molar-refractivity contribution in [2.24, 2.45) is 0 Å². The second-order valence-corrected chi connectivity index (χ2v) is 9.12. The van der Waals surface area contributed by atoms with E-state index in [-0.39, 0.29) is 0 Å². The molecule has 3 rings (SSSR count). The van der Waals surface area contributed by atoms with Crippen LogP contribution in [-0.4, -0.2) is 53.5 Å². The predicted octanol–water partition coefficient (Wildman–Crippen LogP) is 1.96. The number of anilines is 1. The number of hydrogen-bond donors (Lipinski definition) is 0. The number of halogens is 1. The lowest BCUT2D eigenvalue weighted by molar-refractivity contribution is 0.206. The van der Waals surface area contributed by atoms with Gasteiger partial charge in [0, 0.05) is 35.8 Å². The van der Waals surface area contributed by atoms with Gasteiger partial charge >= 0.3 is 0 Å². The van der Waals surface area contributed by atoms with Gasteiger partial charge in [0.05, 0.1) is 30.0 Å². The monoisotopic (exact) mass is 386 g/mol. The van der Waals surface area contributed by atoms with Crippen molar-refractivity contribution >= 4 is 37.2 Å². The Hall–Kier alpha value is -1.12. The molecule has 3 heterocycles. The van der Waals surface area contributed by atoms with Gasteiger partial charge in [-0.15, -0.1) is 0 Å². The maximum Gasteiger partial charge on any atom is 0.211 e. The van der Waals surface area contributed by atoms with E-state index in [0.29, 0.717) is 19.6 Å². The number of piperazine rings is 1. The lowest BCUT2D eigenvalue weighted by Crippen LogP contribution is -2.60. The molecule has 0 saturated carbocycles. The summed E-state index contributed by atoms with van der Waals surface area (Å²) in [5.41, 5.74) is 1.63. The fourth-order valence-corrected chi connectivity index (χ4v) is 5.00. The molecule has 2 aromatic rings. The second kappa shape index (κ2) is 5.21. The number of imidazole rings is 1. The smallest absolute Gasteiger partial charge is 0.211 e. The van der Waals surface area contributed by atoms with Gasteiger partial charge in [0.1, 0.15) is 0 Å². The number of pyridine rings is 1. The molecule has 0 atom stereocenters. The fraction of sp³-hybridized carbons (Fsp3) is 0.500. The van der Waals surface area contributed by atoms with Crippen molar-refractivity contribution in [3.8, 4) is 0 Å². The summed E-state index contributed by atoms with van der Waals surface area (Å²) in [7, 11) is -3.20. The highest BCUT2D eigenvalue weighted by Crippen LogP contribution is 2.31. The van der Waals surface area contributed by atoms with E-state index in [1.165, 1.54) is 6.26 Å². The Kier molecular flexibility index (Phi) is 3.73. The molecule has 0 aromatic carbocycles. The molecule has 0 aliphatic carbocycles. The zero-order valence-corrected chi connectivity index (χ0v) is 15.2. The Morgan fingerprint density at radius 1 is 1.32 bits per heavy atom. The van der Waals surface area contributed by atoms with Crippen LogP contribution >= 0.6 is 15.9 Å². The summed E-state index contributed by atoms with van der Waals surface area (Å²) < 4.78 is 28.4.